The molecule has 2 aliphatic rings. The van der Waals surface area contributed by atoms with Crippen molar-refractivity contribution < 1.29 is 9.84 Å². The summed E-state index contributed by atoms with van der Waals surface area (Å²) in [5.74, 6) is 0. The molecule has 0 amide bonds. The van der Waals surface area contributed by atoms with Crippen molar-refractivity contribution >= 4 is 11.0 Å². The first kappa shape index (κ1) is 12.8. The lowest BCUT2D eigenvalue weighted by molar-refractivity contribution is -0.0370. The lowest BCUT2D eigenvalue weighted by Gasteiger charge is -2.35. The minimum absolute atomic E-state index is 0.0683. The predicted molar refractivity (Wildman–Crippen MR) is 76.5 cm³/mol. The van der Waals surface area contributed by atoms with Crippen molar-refractivity contribution in [2.75, 3.05) is 6.61 Å². The fourth-order valence-corrected chi connectivity index (χ4v) is 3.57. The first-order valence-electron chi connectivity index (χ1n) is 7.33. The number of aliphatic hydroxyl groups is 1. The monoisotopic (exact) mass is 283 g/mol. The van der Waals surface area contributed by atoms with Crippen LogP contribution >= 0.6 is 0 Å². The predicted octanol–water partition coefficient (Wildman–Crippen LogP) is 1.98. The third kappa shape index (κ3) is 2.21. The SMILES string of the molecule is N#Cc1ccc2ncn(C[C@@]3(O)CCC[C@@]4(CO4)C3)c2c1. The molecule has 108 valence electrons. The van der Waals surface area contributed by atoms with Gasteiger partial charge >= 0.3 is 0 Å². The van der Waals surface area contributed by atoms with Crippen LogP contribution in [0.2, 0.25) is 0 Å². The van der Waals surface area contributed by atoms with Gasteiger partial charge in [0.25, 0.3) is 0 Å². The van der Waals surface area contributed by atoms with E-state index in [0.29, 0.717) is 18.5 Å². The van der Waals surface area contributed by atoms with Gasteiger partial charge in [-0.05, 0) is 37.5 Å². The van der Waals surface area contributed by atoms with Gasteiger partial charge in [-0.25, -0.2) is 4.98 Å². The summed E-state index contributed by atoms with van der Waals surface area (Å²) in [4.78, 5) is 4.35. The minimum Gasteiger partial charge on any atom is -0.388 e. The van der Waals surface area contributed by atoms with E-state index >= 15 is 0 Å². The van der Waals surface area contributed by atoms with E-state index in [1.165, 1.54) is 0 Å². The van der Waals surface area contributed by atoms with Crippen molar-refractivity contribution in [1.29, 1.82) is 5.26 Å². The van der Waals surface area contributed by atoms with Crippen molar-refractivity contribution in [3.63, 3.8) is 0 Å². The molecule has 1 aliphatic carbocycles. The molecule has 2 aromatic rings. The molecule has 2 atom stereocenters. The molecule has 1 spiro atoms. The average molecular weight is 283 g/mol. The second-order valence-electron chi connectivity index (χ2n) is 6.41. The van der Waals surface area contributed by atoms with E-state index in [2.05, 4.69) is 11.1 Å². The molecule has 2 fully saturated rings. The average Bonchev–Trinajstić information content (AvgIpc) is 3.09. The topological polar surface area (TPSA) is 74.4 Å². The van der Waals surface area contributed by atoms with Gasteiger partial charge in [-0.1, -0.05) is 0 Å². The van der Waals surface area contributed by atoms with Gasteiger partial charge in [-0.2, -0.15) is 5.26 Å². The normalized spacial score (nSPS) is 31.4. The molecule has 5 nitrogen and oxygen atoms in total. The largest absolute Gasteiger partial charge is 0.388 e. The third-order valence-corrected chi connectivity index (χ3v) is 4.69. The highest BCUT2D eigenvalue weighted by Crippen LogP contribution is 2.46. The van der Waals surface area contributed by atoms with Gasteiger partial charge in [0.2, 0.25) is 0 Å². The molecule has 2 heterocycles. The maximum absolute atomic E-state index is 10.9. The van der Waals surface area contributed by atoms with Crippen LogP contribution in [0.3, 0.4) is 0 Å². The van der Waals surface area contributed by atoms with Crippen molar-refractivity contribution in [3.8, 4) is 6.07 Å². The highest BCUT2D eigenvalue weighted by atomic mass is 16.6. The van der Waals surface area contributed by atoms with E-state index in [4.69, 9.17) is 10.00 Å². The van der Waals surface area contributed by atoms with Crippen molar-refractivity contribution in [2.24, 2.45) is 0 Å². The van der Waals surface area contributed by atoms with Crippen molar-refractivity contribution in [2.45, 2.75) is 43.4 Å². The Labute approximate surface area is 122 Å². The highest BCUT2D eigenvalue weighted by molar-refractivity contribution is 5.77. The van der Waals surface area contributed by atoms with Crippen LogP contribution in [-0.2, 0) is 11.3 Å². The molecule has 0 bridgehead atoms. The summed E-state index contributed by atoms with van der Waals surface area (Å²) in [7, 11) is 0. The van der Waals surface area contributed by atoms with Gasteiger partial charge < -0.3 is 14.4 Å². The second-order valence-corrected chi connectivity index (χ2v) is 6.41. The number of aromatic nitrogens is 2. The summed E-state index contributed by atoms with van der Waals surface area (Å²) >= 11 is 0. The number of nitriles is 1. The Morgan fingerprint density at radius 1 is 1.43 bits per heavy atom. The Kier molecular flexibility index (Phi) is 2.62. The summed E-state index contributed by atoms with van der Waals surface area (Å²) in [6, 6.07) is 7.59. The third-order valence-electron chi connectivity index (χ3n) is 4.69. The number of nitrogens with zero attached hydrogens (tertiary/aromatic N) is 3. The molecular formula is C16H17N3O2. The molecular weight excluding hydrogens is 266 g/mol. The van der Waals surface area contributed by atoms with E-state index in [1.807, 2.05) is 16.7 Å². The maximum atomic E-state index is 10.9. The van der Waals surface area contributed by atoms with Crippen LogP contribution < -0.4 is 0 Å². The summed E-state index contributed by atoms with van der Waals surface area (Å²) in [5, 5.41) is 19.9. The van der Waals surface area contributed by atoms with Gasteiger partial charge in [0.05, 0.1) is 53.3 Å². The zero-order chi connectivity index (χ0) is 14.5. The van der Waals surface area contributed by atoms with E-state index in [-0.39, 0.29) is 5.60 Å². The minimum atomic E-state index is -0.745. The Hall–Kier alpha value is -1.90. The van der Waals surface area contributed by atoms with E-state index in [9.17, 15) is 5.11 Å². The summed E-state index contributed by atoms with van der Waals surface area (Å²) in [5.41, 5.74) is 1.55. The first-order valence-corrected chi connectivity index (χ1v) is 7.33. The van der Waals surface area contributed by atoms with Crippen LogP contribution in [-0.4, -0.2) is 32.5 Å². The number of hydrogen-bond donors (Lipinski definition) is 1. The smallest absolute Gasteiger partial charge is 0.0992 e. The fraction of sp³-hybridized carbons (Fsp3) is 0.500. The molecule has 1 N–H and O–H groups in total. The number of ether oxygens (including phenoxy) is 1. The van der Waals surface area contributed by atoms with Gasteiger partial charge in [-0.15, -0.1) is 0 Å². The van der Waals surface area contributed by atoms with E-state index < -0.39 is 5.60 Å². The molecule has 5 heteroatoms. The summed E-state index contributed by atoms with van der Waals surface area (Å²) in [6.45, 7) is 1.28. The maximum Gasteiger partial charge on any atom is 0.0992 e. The zero-order valence-corrected chi connectivity index (χ0v) is 11.7. The fourth-order valence-electron chi connectivity index (χ4n) is 3.57. The number of epoxide rings is 1. The Bertz CT molecular complexity index is 742. The van der Waals surface area contributed by atoms with Crippen LogP contribution in [0, 0.1) is 11.3 Å². The number of rotatable bonds is 2. The Morgan fingerprint density at radius 2 is 2.29 bits per heavy atom. The molecule has 1 aliphatic heterocycles. The van der Waals surface area contributed by atoms with Crippen LogP contribution in [0.4, 0.5) is 0 Å². The van der Waals surface area contributed by atoms with Crippen molar-refractivity contribution in [1.82, 2.24) is 9.55 Å². The molecule has 1 aromatic carbocycles. The molecule has 1 aromatic heterocycles. The first-order chi connectivity index (χ1) is 10.1. The lowest BCUT2D eigenvalue weighted by Crippen LogP contribution is -2.42. The van der Waals surface area contributed by atoms with Crippen molar-refractivity contribution in [3.05, 3.63) is 30.1 Å². The van der Waals surface area contributed by atoms with Gasteiger partial charge in [-0.3, -0.25) is 0 Å². The van der Waals surface area contributed by atoms with Gasteiger partial charge in [0.1, 0.15) is 0 Å². The highest BCUT2D eigenvalue weighted by Gasteiger charge is 2.53. The number of fused-ring (bicyclic) bond motifs is 1. The summed E-state index contributed by atoms with van der Waals surface area (Å²) in [6.07, 6.45) is 5.28. The summed E-state index contributed by atoms with van der Waals surface area (Å²) < 4.78 is 7.50. The van der Waals surface area contributed by atoms with Gasteiger partial charge in [0, 0.05) is 6.42 Å². The zero-order valence-electron chi connectivity index (χ0n) is 11.7. The Balaban J connectivity index is 1.66. The van der Waals surface area contributed by atoms with Crippen LogP contribution in [0.1, 0.15) is 31.2 Å². The van der Waals surface area contributed by atoms with Gasteiger partial charge in [0.15, 0.2) is 0 Å². The van der Waals surface area contributed by atoms with Crippen LogP contribution in [0.15, 0.2) is 24.5 Å². The van der Waals surface area contributed by atoms with Crippen LogP contribution in [0.5, 0.6) is 0 Å². The molecule has 0 radical (unpaired) electrons. The molecule has 1 saturated carbocycles. The number of benzene rings is 1. The number of hydrogen-bond acceptors (Lipinski definition) is 4. The number of imidazole rings is 1. The standard InChI is InChI=1S/C16H17N3O2/c17-7-12-2-3-13-14(6-12)19(11-18-13)9-15(20)4-1-5-16(8-15)10-21-16/h2-3,6,11,20H,1,4-5,8-10H2/t15-,16+/m1/s1. The molecule has 0 unspecified atom stereocenters. The van der Waals surface area contributed by atoms with Crippen LogP contribution in [0.25, 0.3) is 11.0 Å². The lowest BCUT2D eigenvalue weighted by atomic mass is 9.78. The molecule has 4 rings (SSSR count). The second kappa shape index (κ2) is 4.30. The molecule has 21 heavy (non-hydrogen) atoms. The molecule has 1 saturated heterocycles. The quantitative estimate of drug-likeness (QED) is 0.855. The van der Waals surface area contributed by atoms with E-state index in [1.54, 1.807) is 12.4 Å². The Morgan fingerprint density at radius 3 is 3.05 bits per heavy atom. The van der Waals surface area contributed by atoms with E-state index in [0.717, 1.165) is 36.9 Å².